The van der Waals surface area contributed by atoms with Gasteiger partial charge >= 0.3 is 12.0 Å². The number of carbonyl (C=O) groups is 2. The zero-order valence-electron chi connectivity index (χ0n) is 14.2. The van der Waals surface area contributed by atoms with E-state index in [1.165, 1.54) is 18.7 Å². The standard InChI is InChI=1S/C15H25F2NO6/c1-5-18(6-2)13(23)24-12-11(22)15(16,17)10(21)9(20)8(19)7-14(12,3)4/h8-10,12,19-21H,5-7H2,1-4H3/t8-,9-,10+,12-/m0/s1. The van der Waals surface area contributed by atoms with Crippen molar-refractivity contribution < 1.29 is 38.4 Å². The Balaban J connectivity index is 3.23. The number of ketones is 1. The lowest BCUT2D eigenvalue weighted by Crippen LogP contribution is -2.61. The summed E-state index contributed by atoms with van der Waals surface area (Å²) >= 11 is 0. The maximum atomic E-state index is 14.2. The molecule has 0 aromatic carbocycles. The second kappa shape index (κ2) is 7.28. The average Bonchev–Trinajstić information content (AvgIpc) is 2.50. The number of rotatable bonds is 3. The number of aliphatic hydroxyl groups is 3. The van der Waals surface area contributed by atoms with Crippen molar-refractivity contribution in [1.29, 1.82) is 0 Å². The van der Waals surface area contributed by atoms with Crippen LogP contribution in [0.2, 0.25) is 0 Å². The minimum Gasteiger partial charge on any atom is -0.437 e. The summed E-state index contributed by atoms with van der Waals surface area (Å²) in [7, 11) is 0. The molecule has 1 rings (SSSR count). The Morgan fingerprint density at radius 2 is 1.75 bits per heavy atom. The van der Waals surface area contributed by atoms with E-state index in [-0.39, 0.29) is 19.5 Å². The van der Waals surface area contributed by atoms with Crippen molar-refractivity contribution >= 4 is 11.9 Å². The third-order valence-electron chi connectivity index (χ3n) is 4.34. The zero-order chi connectivity index (χ0) is 18.9. The number of aliphatic hydroxyl groups excluding tert-OH is 3. The van der Waals surface area contributed by atoms with Gasteiger partial charge in [0, 0.05) is 18.5 Å². The minimum atomic E-state index is -4.37. The highest BCUT2D eigenvalue weighted by Crippen LogP contribution is 2.39. The number of alkyl halides is 2. The summed E-state index contributed by atoms with van der Waals surface area (Å²) in [4.78, 5) is 25.5. The van der Waals surface area contributed by atoms with E-state index in [1.54, 1.807) is 13.8 Å². The molecule has 1 aliphatic rings. The van der Waals surface area contributed by atoms with Gasteiger partial charge in [-0.3, -0.25) is 4.79 Å². The lowest BCUT2D eigenvalue weighted by Gasteiger charge is -2.41. The largest absolute Gasteiger partial charge is 0.437 e. The number of halogens is 2. The van der Waals surface area contributed by atoms with E-state index in [2.05, 4.69) is 0 Å². The second-order valence-electron chi connectivity index (χ2n) is 6.62. The first-order valence-corrected chi connectivity index (χ1v) is 7.82. The van der Waals surface area contributed by atoms with Crippen LogP contribution >= 0.6 is 0 Å². The maximum Gasteiger partial charge on any atom is 0.410 e. The molecule has 0 saturated heterocycles. The highest BCUT2D eigenvalue weighted by atomic mass is 19.3. The SMILES string of the molecule is CCN(CC)C(=O)O[C@H]1C(=O)C(F)(F)[C@H](O)[C@@H](O)[C@@H](O)CC1(C)C. The van der Waals surface area contributed by atoms with Crippen molar-refractivity contribution in [2.45, 2.75) is 64.5 Å². The van der Waals surface area contributed by atoms with Crippen LogP contribution < -0.4 is 0 Å². The first-order valence-electron chi connectivity index (χ1n) is 7.82. The fourth-order valence-electron chi connectivity index (χ4n) is 2.74. The molecule has 0 aromatic heterocycles. The quantitative estimate of drug-likeness (QED) is 0.684. The molecule has 9 heteroatoms. The van der Waals surface area contributed by atoms with Gasteiger partial charge in [-0.1, -0.05) is 13.8 Å². The maximum absolute atomic E-state index is 14.2. The van der Waals surface area contributed by atoms with Crippen LogP contribution in [-0.2, 0) is 9.53 Å². The van der Waals surface area contributed by atoms with E-state index in [9.17, 15) is 33.7 Å². The molecule has 4 atom stereocenters. The van der Waals surface area contributed by atoms with Crippen LogP contribution in [0.15, 0.2) is 0 Å². The Labute approximate surface area is 139 Å². The molecule has 7 nitrogen and oxygen atoms in total. The van der Waals surface area contributed by atoms with Gasteiger partial charge in [-0.05, 0) is 20.3 Å². The van der Waals surface area contributed by atoms with Crippen molar-refractivity contribution in [2.24, 2.45) is 5.41 Å². The minimum absolute atomic E-state index is 0.261. The molecule has 0 radical (unpaired) electrons. The molecule has 1 saturated carbocycles. The average molecular weight is 353 g/mol. The molecule has 0 aliphatic heterocycles. The number of ether oxygens (including phenoxy) is 1. The Hall–Kier alpha value is -1.32. The smallest absolute Gasteiger partial charge is 0.410 e. The molecule has 24 heavy (non-hydrogen) atoms. The van der Waals surface area contributed by atoms with E-state index in [1.807, 2.05) is 0 Å². The Morgan fingerprint density at radius 3 is 2.21 bits per heavy atom. The summed E-state index contributed by atoms with van der Waals surface area (Å²) < 4.78 is 33.4. The molecule has 0 unspecified atom stereocenters. The molecule has 0 spiro atoms. The van der Waals surface area contributed by atoms with E-state index in [0.717, 1.165) is 0 Å². The number of hydrogen-bond donors (Lipinski definition) is 3. The summed E-state index contributed by atoms with van der Waals surface area (Å²) in [5, 5.41) is 29.0. The predicted molar refractivity (Wildman–Crippen MR) is 79.6 cm³/mol. The van der Waals surface area contributed by atoms with Crippen LogP contribution in [-0.4, -0.2) is 75.5 Å². The lowest BCUT2D eigenvalue weighted by molar-refractivity contribution is -0.208. The molecular formula is C15H25F2NO6. The Bertz CT molecular complexity index is 481. The van der Waals surface area contributed by atoms with Gasteiger partial charge in [0.05, 0.1) is 6.10 Å². The van der Waals surface area contributed by atoms with E-state index in [4.69, 9.17) is 4.74 Å². The van der Waals surface area contributed by atoms with Gasteiger partial charge in [-0.25, -0.2) is 4.79 Å². The van der Waals surface area contributed by atoms with Crippen LogP contribution in [0.25, 0.3) is 0 Å². The molecule has 140 valence electrons. The highest BCUT2D eigenvalue weighted by molar-refractivity contribution is 5.92. The van der Waals surface area contributed by atoms with Gasteiger partial charge in [-0.2, -0.15) is 8.78 Å². The third kappa shape index (κ3) is 3.84. The van der Waals surface area contributed by atoms with E-state index in [0.29, 0.717) is 0 Å². The third-order valence-corrected chi connectivity index (χ3v) is 4.34. The predicted octanol–water partition coefficient (Wildman–Crippen LogP) is 0.550. The molecule has 0 aromatic rings. The first kappa shape index (κ1) is 20.7. The van der Waals surface area contributed by atoms with Gasteiger partial charge in [0.1, 0.15) is 6.10 Å². The second-order valence-corrected chi connectivity index (χ2v) is 6.62. The molecule has 1 fully saturated rings. The monoisotopic (exact) mass is 353 g/mol. The van der Waals surface area contributed by atoms with Gasteiger partial charge in [0.15, 0.2) is 12.2 Å². The Kier molecular flexibility index (Phi) is 6.29. The number of Topliss-reactive ketones (excluding diaryl/α,β-unsaturated/α-hetero) is 1. The molecule has 3 N–H and O–H groups in total. The zero-order valence-corrected chi connectivity index (χ0v) is 14.2. The van der Waals surface area contributed by atoms with Crippen molar-refractivity contribution in [2.75, 3.05) is 13.1 Å². The van der Waals surface area contributed by atoms with Crippen LogP contribution in [0.3, 0.4) is 0 Å². The number of hydrogen-bond acceptors (Lipinski definition) is 6. The summed E-state index contributed by atoms with van der Waals surface area (Å²) in [5.74, 6) is -6.17. The summed E-state index contributed by atoms with van der Waals surface area (Å²) in [5.41, 5.74) is -1.37. The Morgan fingerprint density at radius 1 is 1.25 bits per heavy atom. The highest BCUT2D eigenvalue weighted by Gasteiger charge is 2.60. The summed E-state index contributed by atoms with van der Waals surface area (Å²) in [6.45, 7) is 6.58. The normalized spacial score (nSPS) is 32.6. The van der Waals surface area contributed by atoms with Crippen LogP contribution in [0.1, 0.15) is 34.1 Å². The van der Waals surface area contributed by atoms with Crippen molar-refractivity contribution in [3.05, 3.63) is 0 Å². The summed E-state index contributed by atoms with van der Waals surface area (Å²) in [6.07, 6.45) is -9.81. The van der Waals surface area contributed by atoms with Crippen LogP contribution in [0.4, 0.5) is 13.6 Å². The van der Waals surface area contributed by atoms with E-state index >= 15 is 0 Å². The van der Waals surface area contributed by atoms with Gasteiger partial charge in [0.25, 0.3) is 0 Å². The van der Waals surface area contributed by atoms with Crippen molar-refractivity contribution in [3.63, 3.8) is 0 Å². The van der Waals surface area contributed by atoms with Crippen molar-refractivity contribution in [3.8, 4) is 0 Å². The van der Waals surface area contributed by atoms with Gasteiger partial charge in [-0.15, -0.1) is 0 Å². The molecule has 1 amide bonds. The molecular weight excluding hydrogens is 328 g/mol. The van der Waals surface area contributed by atoms with Crippen LogP contribution in [0.5, 0.6) is 0 Å². The fourth-order valence-corrected chi connectivity index (χ4v) is 2.74. The van der Waals surface area contributed by atoms with E-state index < -0.39 is 47.6 Å². The number of nitrogens with zero attached hydrogens (tertiary/aromatic N) is 1. The number of carbonyl (C=O) groups excluding carboxylic acids is 2. The molecule has 1 aliphatic carbocycles. The topological polar surface area (TPSA) is 107 Å². The fraction of sp³-hybridized carbons (Fsp3) is 0.867. The lowest BCUT2D eigenvalue weighted by atomic mass is 9.73. The van der Waals surface area contributed by atoms with Gasteiger partial charge in [0.2, 0.25) is 5.78 Å². The van der Waals surface area contributed by atoms with Crippen molar-refractivity contribution in [1.82, 2.24) is 4.90 Å². The molecule has 0 heterocycles. The first-order chi connectivity index (χ1) is 10.9. The number of amides is 1. The van der Waals surface area contributed by atoms with Crippen LogP contribution in [0, 0.1) is 5.41 Å². The summed E-state index contributed by atoms with van der Waals surface area (Å²) in [6, 6.07) is 0. The van der Waals surface area contributed by atoms with Gasteiger partial charge < -0.3 is 25.0 Å². The molecule has 0 bridgehead atoms.